The standard InChI is InChI=1S/C15H19ClN2O3/c1-2-15(14(20)21)7-8-18(10-15)9-13(19)17-12-5-3-11(16)4-6-12/h3-6H,2,7-10H2,1H3,(H,17,19)(H,20,21). The Hall–Kier alpha value is -1.59. The van der Waals surface area contributed by atoms with Gasteiger partial charge in [-0.1, -0.05) is 18.5 Å². The number of nitrogens with one attached hydrogen (secondary N) is 1. The van der Waals surface area contributed by atoms with Gasteiger partial charge in [-0.15, -0.1) is 0 Å². The number of rotatable bonds is 5. The average molecular weight is 311 g/mol. The number of anilines is 1. The lowest BCUT2D eigenvalue weighted by Gasteiger charge is -2.22. The summed E-state index contributed by atoms with van der Waals surface area (Å²) in [7, 11) is 0. The van der Waals surface area contributed by atoms with Crippen molar-refractivity contribution in [3.8, 4) is 0 Å². The summed E-state index contributed by atoms with van der Waals surface area (Å²) in [5.74, 6) is -0.916. The van der Waals surface area contributed by atoms with Crippen LogP contribution in [0.1, 0.15) is 19.8 Å². The van der Waals surface area contributed by atoms with E-state index in [1.165, 1.54) is 0 Å². The maximum absolute atomic E-state index is 12.0. The van der Waals surface area contributed by atoms with Gasteiger partial charge in [-0.05, 0) is 43.7 Å². The van der Waals surface area contributed by atoms with E-state index in [-0.39, 0.29) is 12.5 Å². The molecule has 0 aliphatic carbocycles. The molecule has 1 aliphatic rings. The van der Waals surface area contributed by atoms with E-state index in [0.717, 1.165) is 0 Å². The van der Waals surface area contributed by atoms with Crippen LogP contribution in [0.4, 0.5) is 5.69 Å². The van der Waals surface area contributed by atoms with E-state index >= 15 is 0 Å². The van der Waals surface area contributed by atoms with Crippen molar-refractivity contribution in [2.24, 2.45) is 5.41 Å². The molecule has 0 saturated carbocycles. The molecule has 0 spiro atoms. The van der Waals surface area contributed by atoms with Crippen molar-refractivity contribution < 1.29 is 14.7 Å². The van der Waals surface area contributed by atoms with Gasteiger partial charge >= 0.3 is 5.97 Å². The topological polar surface area (TPSA) is 69.6 Å². The Labute approximate surface area is 128 Å². The number of carbonyl (C=O) groups excluding carboxylic acids is 1. The molecule has 1 fully saturated rings. The first-order valence-electron chi connectivity index (χ1n) is 6.96. The maximum atomic E-state index is 12.0. The molecule has 0 bridgehead atoms. The number of amides is 1. The van der Waals surface area contributed by atoms with E-state index in [4.69, 9.17) is 11.6 Å². The molecule has 0 radical (unpaired) electrons. The van der Waals surface area contributed by atoms with E-state index in [9.17, 15) is 14.7 Å². The zero-order chi connectivity index (χ0) is 15.5. The van der Waals surface area contributed by atoms with Crippen LogP contribution in [-0.4, -0.2) is 41.5 Å². The number of likely N-dealkylation sites (tertiary alicyclic amines) is 1. The first kappa shape index (κ1) is 15.8. The van der Waals surface area contributed by atoms with Gasteiger partial charge in [0.2, 0.25) is 5.91 Å². The van der Waals surface area contributed by atoms with Crippen LogP contribution < -0.4 is 5.32 Å². The van der Waals surface area contributed by atoms with Crippen LogP contribution in [0, 0.1) is 5.41 Å². The molecule has 1 amide bonds. The number of carbonyl (C=O) groups is 2. The number of halogens is 1. The van der Waals surface area contributed by atoms with Crippen LogP contribution >= 0.6 is 11.6 Å². The molecule has 1 unspecified atom stereocenters. The molecule has 21 heavy (non-hydrogen) atoms. The summed E-state index contributed by atoms with van der Waals surface area (Å²) in [6.45, 7) is 3.14. The molecule has 1 atom stereocenters. The number of carboxylic acid groups (broad SMARTS) is 1. The molecule has 5 nitrogen and oxygen atoms in total. The first-order chi connectivity index (χ1) is 9.95. The van der Waals surface area contributed by atoms with E-state index in [1.807, 2.05) is 11.8 Å². The van der Waals surface area contributed by atoms with E-state index in [0.29, 0.717) is 36.6 Å². The summed E-state index contributed by atoms with van der Waals surface area (Å²) < 4.78 is 0. The highest BCUT2D eigenvalue weighted by Gasteiger charge is 2.43. The lowest BCUT2D eigenvalue weighted by atomic mass is 9.84. The fraction of sp³-hybridized carbons (Fsp3) is 0.467. The fourth-order valence-electron chi connectivity index (χ4n) is 2.64. The van der Waals surface area contributed by atoms with Crippen molar-refractivity contribution in [2.45, 2.75) is 19.8 Å². The molecular formula is C15H19ClN2O3. The Morgan fingerprint density at radius 3 is 2.57 bits per heavy atom. The monoisotopic (exact) mass is 310 g/mol. The number of carboxylic acids is 1. The van der Waals surface area contributed by atoms with Crippen molar-refractivity contribution in [1.82, 2.24) is 4.90 Å². The van der Waals surface area contributed by atoms with E-state index in [2.05, 4.69) is 5.32 Å². The Morgan fingerprint density at radius 1 is 1.38 bits per heavy atom. The van der Waals surface area contributed by atoms with Gasteiger partial charge in [-0.2, -0.15) is 0 Å². The smallest absolute Gasteiger partial charge is 0.310 e. The van der Waals surface area contributed by atoms with Gasteiger partial charge in [-0.3, -0.25) is 14.5 Å². The molecule has 114 valence electrons. The summed E-state index contributed by atoms with van der Waals surface area (Å²) in [5, 5.41) is 12.7. The summed E-state index contributed by atoms with van der Waals surface area (Å²) in [6, 6.07) is 6.88. The van der Waals surface area contributed by atoms with E-state index in [1.54, 1.807) is 24.3 Å². The summed E-state index contributed by atoms with van der Waals surface area (Å²) >= 11 is 5.79. The number of hydrogen-bond acceptors (Lipinski definition) is 3. The highest BCUT2D eigenvalue weighted by molar-refractivity contribution is 6.30. The van der Waals surface area contributed by atoms with Gasteiger partial charge in [0.25, 0.3) is 0 Å². The second-order valence-electron chi connectivity index (χ2n) is 5.45. The molecule has 2 rings (SSSR count). The number of hydrogen-bond donors (Lipinski definition) is 2. The van der Waals surface area contributed by atoms with Crippen LogP contribution in [-0.2, 0) is 9.59 Å². The largest absolute Gasteiger partial charge is 0.481 e. The Bertz CT molecular complexity index is 532. The molecular weight excluding hydrogens is 292 g/mol. The van der Waals surface area contributed by atoms with Crippen LogP contribution in [0.25, 0.3) is 0 Å². The third kappa shape index (κ3) is 3.74. The minimum absolute atomic E-state index is 0.144. The second-order valence-corrected chi connectivity index (χ2v) is 5.89. The van der Waals surface area contributed by atoms with Crippen molar-refractivity contribution in [3.63, 3.8) is 0 Å². The molecule has 1 aliphatic heterocycles. The number of nitrogens with zero attached hydrogens (tertiary/aromatic N) is 1. The average Bonchev–Trinajstić information content (AvgIpc) is 2.86. The van der Waals surface area contributed by atoms with Gasteiger partial charge in [0.1, 0.15) is 0 Å². The minimum Gasteiger partial charge on any atom is -0.481 e. The predicted molar refractivity (Wildman–Crippen MR) is 81.5 cm³/mol. The fourth-order valence-corrected chi connectivity index (χ4v) is 2.77. The third-order valence-corrected chi connectivity index (χ3v) is 4.31. The van der Waals surface area contributed by atoms with Crippen molar-refractivity contribution >= 4 is 29.2 Å². The summed E-state index contributed by atoms with van der Waals surface area (Å²) in [4.78, 5) is 25.3. The van der Waals surface area contributed by atoms with Crippen LogP contribution in [0.15, 0.2) is 24.3 Å². The predicted octanol–water partition coefficient (Wildman–Crippen LogP) is 2.47. The molecule has 1 saturated heterocycles. The summed E-state index contributed by atoms with van der Waals surface area (Å²) in [5.41, 5.74) is -0.0239. The quantitative estimate of drug-likeness (QED) is 0.876. The SMILES string of the molecule is CCC1(C(=O)O)CCN(CC(=O)Nc2ccc(Cl)cc2)C1. The highest BCUT2D eigenvalue weighted by Crippen LogP contribution is 2.33. The molecule has 2 N–H and O–H groups in total. The van der Waals surface area contributed by atoms with E-state index < -0.39 is 11.4 Å². The van der Waals surface area contributed by atoms with Gasteiger partial charge in [0.05, 0.1) is 12.0 Å². The first-order valence-corrected chi connectivity index (χ1v) is 7.34. The minimum atomic E-state index is -0.773. The number of benzene rings is 1. The van der Waals surface area contributed by atoms with Crippen LogP contribution in [0.3, 0.4) is 0 Å². The molecule has 0 aromatic heterocycles. The van der Waals surface area contributed by atoms with Gasteiger partial charge in [0.15, 0.2) is 0 Å². The van der Waals surface area contributed by atoms with Gasteiger partial charge in [-0.25, -0.2) is 0 Å². The Balaban J connectivity index is 1.89. The molecule has 1 aromatic rings. The van der Waals surface area contributed by atoms with Crippen LogP contribution in [0.2, 0.25) is 5.02 Å². The molecule has 1 aromatic carbocycles. The van der Waals surface area contributed by atoms with Crippen LogP contribution in [0.5, 0.6) is 0 Å². The maximum Gasteiger partial charge on any atom is 0.310 e. The normalized spacial score (nSPS) is 22.2. The summed E-state index contributed by atoms with van der Waals surface area (Å²) in [6.07, 6.45) is 1.17. The zero-order valence-electron chi connectivity index (χ0n) is 11.9. The Kier molecular flexibility index (Phi) is 4.85. The van der Waals surface area contributed by atoms with Gasteiger partial charge < -0.3 is 10.4 Å². The van der Waals surface area contributed by atoms with Crippen molar-refractivity contribution in [3.05, 3.63) is 29.3 Å². The zero-order valence-corrected chi connectivity index (χ0v) is 12.7. The lowest BCUT2D eigenvalue weighted by Crippen LogP contribution is -2.37. The Morgan fingerprint density at radius 2 is 2.05 bits per heavy atom. The van der Waals surface area contributed by atoms with Crippen molar-refractivity contribution in [2.75, 3.05) is 25.0 Å². The molecule has 1 heterocycles. The number of aliphatic carboxylic acids is 1. The van der Waals surface area contributed by atoms with Gasteiger partial charge in [0, 0.05) is 17.3 Å². The lowest BCUT2D eigenvalue weighted by molar-refractivity contribution is -0.148. The molecule has 6 heteroatoms. The van der Waals surface area contributed by atoms with Crippen molar-refractivity contribution in [1.29, 1.82) is 0 Å². The third-order valence-electron chi connectivity index (χ3n) is 4.06. The second kappa shape index (κ2) is 6.45. The highest BCUT2D eigenvalue weighted by atomic mass is 35.5.